The van der Waals surface area contributed by atoms with E-state index in [1.54, 1.807) is 68.4 Å². The van der Waals surface area contributed by atoms with Gasteiger partial charge in [0.1, 0.15) is 59.8 Å². The number of nitrogens with one attached hydrogen (secondary N) is 5. The molecule has 8 amide bonds. The summed E-state index contributed by atoms with van der Waals surface area (Å²) in [5.74, 6) is -5.95. The molecule has 4 saturated heterocycles. The number of carbonyl (C=O) groups is 8. The Morgan fingerprint density at radius 1 is 0.464 bits per heavy atom. The molecule has 0 bridgehead atoms. The summed E-state index contributed by atoms with van der Waals surface area (Å²) in [6.07, 6.45) is 1.99. The summed E-state index contributed by atoms with van der Waals surface area (Å²) in [6.45, 7) is 3.03. The first-order valence-corrected chi connectivity index (χ1v) is 23.8. The summed E-state index contributed by atoms with van der Waals surface area (Å²) < 4.78 is 0. The normalized spacial score (nSPS) is 26.9. The number of phenolic OH excluding ortho intramolecular Hbond substituents is 2. The van der Waals surface area contributed by atoms with Gasteiger partial charge in [-0.2, -0.15) is 0 Å². The van der Waals surface area contributed by atoms with E-state index in [0.29, 0.717) is 42.4 Å². The van der Waals surface area contributed by atoms with Crippen LogP contribution in [0.4, 0.5) is 0 Å². The number of hydrogen-bond donors (Lipinski definition) is 8. The van der Waals surface area contributed by atoms with Gasteiger partial charge in [0, 0.05) is 38.9 Å². The molecule has 4 heterocycles. The van der Waals surface area contributed by atoms with E-state index in [1.807, 2.05) is 0 Å². The van der Waals surface area contributed by atoms with Crippen molar-refractivity contribution in [1.82, 2.24) is 41.3 Å². The predicted octanol–water partition coefficient (Wildman–Crippen LogP) is 0.185. The Labute approximate surface area is 400 Å². The van der Waals surface area contributed by atoms with Gasteiger partial charge in [0.15, 0.2) is 0 Å². The van der Waals surface area contributed by atoms with Crippen LogP contribution in [-0.4, -0.2) is 152 Å². The van der Waals surface area contributed by atoms with Crippen LogP contribution in [0.5, 0.6) is 11.5 Å². The largest absolute Gasteiger partial charge is 0.508 e. The molecule has 0 aliphatic carbocycles. The highest BCUT2D eigenvalue weighted by Gasteiger charge is 2.46. The molecule has 4 fully saturated rings. The van der Waals surface area contributed by atoms with E-state index in [0.717, 1.165) is 0 Å². The average Bonchev–Trinajstić information content (AvgIpc) is 4.15. The van der Waals surface area contributed by atoms with E-state index in [9.17, 15) is 53.7 Å². The van der Waals surface area contributed by atoms with Crippen LogP contribution < -0.4 is 26.6 Å². The third-order valence-electron chi connectivity index (χ3n) is 13.5. The smallest absolute Gasteiger partial charge is 0.246 e. The lowest BCUT2D eigenvalue weighted by atomic mass is 10.0. The van der Waals surface area contributed by atoms with E-state index in [1.165, 1.54) is 39.0 Å². The fraction of sp³-hybridized carbons (Fsp3) is 0.480. The highest BCUT2D eigenvalue weighted by atomic mass is 16.3. The predicted molar refractivity (Wildman–Crippen MR) is 250 cm³/mol. The van der Waals surface area contributed by atoms with Crippen molar-refractivity contribution >= 4 is 47.3 Å². The Morgan fingerprint density at radius 3 is 1.35 bits per heavy atom. The van der Waals surface area contributed by atoms with Gasteiger partial charge in [-0.15, -0.1) is 0 Å². The number of hydrogen-bond acceptors (Lipinski definition) is 11. The van der Waals surface area contributed by atoms with Gasteiger partial charge in [-0.1, -0.05) is 68.4 Å². The topological polar surface area (TPSA) is 267 Å². The van der Waals surface area contributed by atoms with Crippen molar-refractivity contribution in [2.45, 2.75) is 120 Å². The van der Waals surface area contributed by atoms with Gasteiger partial charge in [-0.3, -0.25) is 38.4 Å². The third kappa shape index (κ3) is 12.0. The average molecular weight is 951 g/mol. The van der Waals surface area contributed by atoms with Gasteiger partial charge < -0.3 is 56.6 Å². The Morgan fingerprint density at radius 2 is 0.855 bits per heavy atom. The van der Waals surface area contributed by atoms with Gasteiger partial charge in [-0.25, -0.2) is 0 Å². The Bertz CT molecular complexity index is 2370. The summed E-state index contributed by atoms with van der Waals surface area (Å²) >= 11 is 0. The van der Waals surface area contributed by atoms with Crippen molar-refractivity contribution < 1.29 is 53.7 Å². The highest BCUT2D eigenvalue weighted by Crippen LogP contribution is 2.28. The maximum Gasteiger partial charge on any atom is 0.246 e. The summed E-state index contributed by atoms with van der Waals surface area (Å²) in [5, 5.41) is 44.1. The first kappa shape index (κ1) is 49.9. The minimum atomic E-state index is -1.61. The lowest BCUT2D eigenvalue weighted by Crippen LogP contribution is -2.62. The minimum absolute atomic E-state index is 0.00124. The number of rotatable bonds is 8. The zero-order chi connectivity index (χ0) is 49.4. The zero-order valence-electron chi connectivity index (χ0n) is 38.8. The number of carbonyl (C=O) groups excluding carboxylic acids is 8. The Balaban J connectivity index is 1.25. The van der Waals surface area contributed by atoms with E-state index in [-0.39, 0.29) is 63.2 Å². The van der Waals surface area contributed by atoms with Crippen LogP contribution in [0.1, 0.15) is 69.1 Å². The molecule has 19 heteroatoms. The number of amides is 8. The first-order valence-electron chi connectivity index (χ1n) is 23.8. The van der Waals surface area contributed by atoms with Crippen molar-refractivity contribution in [3.05, 3.63) is 95.6 Å². The summed E-state index contributed by atoms with van der Waals surface area (Å²) in [5.41, 5.74) is 1.78. The molecule has 69 heavy (non-hydrogen) atoms. The van der Waals surface area contributed by atoms with Crippen molar-refractivity contribution in [1.29, 1.82) is 0 Å². The van der Waals surface area contributed by atoms with E-state index in [4.69, 9.17) is 0 Å². The third-order valence-corrected chi connectivity index (χ3v) is 13.5. The second kappa shape index (κ2) is 22.4. The van der Waals surface area contributed by atoms with Crippen molar-refractivity contribution in [2.24, 2.45) is 5.92 Å². The van der Waals surface area contributed by atoms with E-state index < -0.39 is 108 Å². The lowest BCUT2D eigenvalue weighted by molar-refractivity contribution is -0.148. The van der Waals surface area contributed by atoms with Crippen LogP contribution in [0.3, 0.4) is 0 Å². The molecular weight excluding hydrogens is 889 g/mol. The molecule has 4 aliphatic heterocycles. The van der Waals surface area contributed by atoms with Gasteiger partial charge in [0.05, 0.1) is 6.61 Å². The lowest BCUT2D eigenvalue weighted by Gasteiger charge is -2.34. The van der Waals surface area contributed by atoms with Gasteiger partial charge in [-0.05, 0) is 85.4 Å². The molecular formula is C50H62N8O11. The van der Waals surface area contributed by atoms with Gasteiger partial charge in [0.2, 0.25) is 47.3 Å². The molecule has 0 radical (unpaired) electrons. The molecule has 8 atom stereocenters. The molecule has 19 nitrogen and oxygen atoms in total. The van der Waals surface area contributed by atoms with Gasteiger partial charge in [0.25, 0.3) is 0 Å². The zero-order valence-corrected chi connectivity index (χ0v) is 38.8. The van der Waals surface area contributed by atoms with Crippen molar-refractivity contribution in [3.63, 3.8) is 0 Å². The van der Waals surface area contributed by atoms with Crippen LogP contribution >= 0.6 is 0 Å². The molecule has 3 aromatic rings. The molecule has 8 unspecified atom stereocenters. The van der Waals surface area contributed by atoms with Crippen molar-refractivity contribution in [2.75, 3.05) is 26.2 Å². The van der Waals surface area contributed by atoms with Gasteiger partial charge >= 0.3 is 0 Å². The molecule has 3 aromatic carbocycles. The minimum Gasteiger partial charge on any atom is -0.508 e. The highest BCUT2D eigenvalue weighted by molar-refractivity contribution is 5.99. The fourth-order valence-electron chi connectivity index (χ4n) is 9.71. The van der Waals surface area contributed by atoms with Crippen LogP contribution in [0.25, 0.3) is 0 Å². The second-order valence-electron chi connectivity index (χ2n) is 18.7. The quantitative estimate of drug-likeness (QED) is 0.151. The van der Waals surface area contributed by atoms with E-state index >= 15 is 0 Å². The van der Waals surface area contributed by atoms with Crippen molar-refractivity contribution in [3.8, 4) is 11.5 Å². The number of aliphatic hydroxyl groups is 1. The summed E-state index contributed by atoms with van der Waals surface area (Å²) in [6, 6.07) is 11.2. The number of aliphatic hydroxyl groups excluding tert-OH is 1. The monoisotopic (exact) mass is 950 g/mol. The van der Waals surface area contributed by atoms with Crippen LogP contribution in [-0.2, 0) is 57.6 Å². The molecule has 0 saturated carbocycles. The molecule has 4 aliphatic rings. The first-order chi connectivity index (χ1) is 33.1. The molecule has 8 N–H and O–H groups in total. The SMILES string of the molecule is CC(C)C1NC(=O)C(CO)NC(=O)C(Cc2ccc(O)cc2)NC(=O)C(Cc2ccccc2)NC(=O)C2CCCN2C(=O)C2CCCN2C(=O)C(Cc2ccc(O)cc2)NC(=O)C2CCCN2C1=O. The number of fused-ring (bicyclic) bond motifs is 3. The maximum atomic E-state index is 14.8. The Hall–Kier alpha value is -7.02. The summed E-state index contributed by atoms with van der Waals surface area (Å²) in [4.78, 5) is 120. The number of phenols is 2. The van der Waals surface area contributed by atoms with E-state index in [2.05, 4.69) is 26.6 Å². The number of benzene rings is 3. The molecule has 0 aromatic heterocycles. The van der Waals surface area contributed by atoms with Crippen LogP contribution in [0.15, 0.2) is 78.9 Å². The number of nitrogens with zero attached hydrogens (tertiary/aromatic N) is 3. The standard InChI is InChI=1S/C50H62N8O11/c1-29(2)42-50(69)57-23-7-12-40(57)47(66)53-37(27-32-16-20-34(61)21-17-32)48(67)58-24-8-13-41(58)49(68)56-22-6-11-39(56)46(65)52-36(25-30-9-4-3-5-10-30)43(62)51-35(26-31-14-18-33(60)19-15-31)44(63)54-38(28-59)45(64)55-42/h3-5,9-10,14-21,29,35-42,59-61H,6-8,11-13,22-28H2,1-2H3,(H,51,62)(H,52,65)(H,53,66)(H,54,63)(H,55,64). The van der Waals surface area contributed by atoms with Crippen LogP contribution in [0.2, 0.25) is 0 Å². The summed E-state index contributed by atoms with van der Waals surface area (Å²) in [7, 11) is 0. The second-order valence-corrected chi connectivity index (χ2v) is 18.7. The number of aromatic hydroxyl groups is 2. The molecule has 368 valence electrons. The fourth-order valence-corrected chi connectivity index (χ4v) is 9.71. The molecule has 7 rings (SSSR count). The van der Waals surface area contributed by atoms with Crippen LogP contribution in [0, 0.1) is 5.92 Å². The maximum absolute atomic E-state index is 14.8. The Kier molecular flexibility index (Phi) is 16.2. The molecule has 0 spiro atoms.